The predicted octanol–water partition coefficient (Wildman–Crippen LogP) is 4.11. The van der Waals surface area contributed by atoms with Gasteiger partial charge >= 0.3 is 6.18 Å². The Labute approximate surface area is 106 Å². The van der Waals surface area contributed by atoms with E-state index in [1.165, 1.54) is 18.2 Å². The Morgan fingerprint density at radius 1 is 0.842 bits per heavy atom. The zero-order chi connectivity index (χ0) is 13.6. The number of pyridine rings is 1. The molecule has 0 unspecified atom stereocenters. The van der Waals surface area contributed by atoms with Crippen molar-refractivity contribution in [2.75, 3.05) is 0 Å². The molecule has 0 saturated heterocycles. The minimum atomic E-state index is -4.39. The van der Waals surface area contributed by atoms with E-state index < -0.39 is 11.7 Å². The van der Waals surface area contributed by atoms with Crippen LogP contribution in [-0.2, 0) is 6.18 Å². The fourth-order valence-corrected chi connectivity index (χ4v) is 1.99. The number of aromatic nitrogens is 1. The lowest BCUT2D eigenvalue weighted by Gasteiger charge is -2.08. The molecule has 2 aromatic carbocycles. The summed E-state index contributed by atoms with van der Waals surface area (Å²) in [7, 11) is 0. The fraction of sp³-hybridized carbons (Fsp3) is 0.0714. The summed E-state index contributed by atoms with van der Waals surface area (Å²) >= 11 is 0. The highest BCUT2D eigenvalue weighted by Gasteiger charge is 2.30. The van der Waals surface area contributed by atoms with Crippen molar-refractivity contribution in [2.24, 2.45) is 0 Å². The van der Waals surface area contributed by atoms with E-state index in [0.717, 1.165) is 17.5 Å². The number of rotatable bonds is 0. The molecule has 0 aliphatic carbocycles. The van der Waals surface area contributed by atoms with Crippen LogP contribution in [0.5, 0.6) is 5.75 Å². The molecule has 1 aromatic heterocycles. The van der Waals surface area contributed by atoms with Gasteiger partial charge < -0.3 is 5.11 Å². The summed E-state index contributed by atoms with van der Waals surface area (Å²) in [5.74, 6) is 0.0336. The van der Waals surface area contributed by atoms with E-state index in [9.17, 15) is 18.3 Å². The largest absolute Gasteiger partial charge is 0.508 e. The molecule has 0 aliphatic heterocycles. The number of benzene rings is 2. The van der Waals surface area contributed by atoms with Gasteiger partial charge in [-0.05, 0) is 30.3 Å². The molecule has 0 saturated carbocycles. The zero-order valence-corrected chi connectivity index (χ0v) is 9.57. The van der Waals surface area contributed by atoms with Gasteiger partial charge in [0, 0.05) is 16.8 Å². The number of fused-ring (bicyclic) bond motifs is 2. The average Bonchev–Trinajstić information content (AvgIpc) is 2.34. The Bertz CT molecular complexity index is 781. The number of alkyl halides is 3. The number of aromatic hydroxyl groups is 1. The van der Waals surface area contributed by atoms with Crippen LogP contribution < -0.4 is 0 Å². The molecule has 0 aliphatic rings. The number of halogens is 3. The van der Waals surface area contributed by atoms with Gasteiger partial charge in [0.1, 0.15) is 5.75 Å². The van der Waals surface area contributed by atoms with Gasteiger partial charge in [0.25, 0.3) is 0 Å². The Hall–Kier alpha value is -2.30. The van der Waals surface area contributed by atoms with Gasteiger partial charge in [-0.1, -0.05) is 6.07 Å². The molecular formula is C14H8F3NO. The quantitative estimate of drug-likeness (QED) is 0.619. The van der Waals surface area contributed by atoms with Crippen LogP contribution in [0.15, 0.2) is 42.5 Å². The number of phenols is 1. The second-order valence-corrected chi connectivity index (χ2v) is 4.27. The van der Waals surface area contributed by atoms with Gasteiger partial charge in [0.05, 0.1) is 16.6 Å². The molecule has 96 valence electrons. The third-order valence-corrected chi connectivity index (χ3v) is 2.92. The average molecular weight is 263 g/mol. The maximum Gasteiger partial charge on any atom is 0.416 e. The predicted molar refractivity (Wildman–Crippen MR) is 65.9 cm³/mol. The summed E-state index contributed by atoms with van der Waals surface area (Å²) in [6.45, 7) is 0. The molecule has 1 heterocycles. The highest BCUT2D eigenvalue weighted by Crippen LogP contribution is 2.32. The molecular weight excluding hydrogens is 255 g/mol. The molecule has 1 N–H and O–H groups in total. The van der Waals surface area contributed by atoms with E-state index in [-0.39, 0.29) is 11.3 Å². The van der Waals surface area contributed by atoms with Crippen LogP contribution in [-0.4, -0.2) is 10.1 Å². The molecule has 0 fully saturated rings. The fourth-order valence-electron chi connectivity index (χ4n) is 1.99. The van der Waals surface area contributed by atoms with Gasteiger partial charge in [0.2, 0.25) is 0 Å². The van der Waals surface area contributed by atoms with Crippen molar-refractivity contribution in [1.82, 2.24) is 4.98 Å². The van der Waals surface area contributed by atoms with E-state index in [4.69, 9.17) is 0 Å². The van der Waals surface area contributed by atoms with Crippen molar-refractivity contribution >= 4 is 21.8 Å². The van der Waals surface area contributed by atoms with Crippen LogP contribution in [0, 0.1) is 0 Å². The molecule has 19 heavy (non-hydrogen) atoms. The standard InChI is InChI=1S/C14H8F3NO/c15-14(16,17)10-3-1-8-5-9-2-4-11(19)7-13(9)18-12(8)6-10/h1-7,19H. The van der Waals surface area contributed by atoms with Gasteiger partial charge in [-0.3, -0.25) is 0 Å². The summed E-state index contributed by atoms with van der Waals surface area (Å²) in [4.78, 5) is 4.15. The van der Waals surface area contributed by atoms with E-state index in [1.807, 2.05) is 0 Å². The summed E-state index contributed by atoms with van der Waals surface area (Å²) < 4.78 is 37.9. The topological polar surface area (TPSA) is 33.1 Å². The highest BCUT2D eigenvalue weighted by molar-refractivity contribution is 5.93. The van der Waals surface area contributed by atoms with E-state index in [2.05, 4.69) is 4.98 Å². The lowest BCUT2D eigenvalue weighted by atomic mass is 10.1. The molecule has 0 spiro atoms. The SMILES string of the molecule is Oc1ccc2cc3ccc(C(F)(F)F)cc3nc2c1. The normalized spacial score (nSPS) is 12.2. The van der Waals surface area contributed by atoms with Crippen molar-refractivity contribution in [3.8, 4) is 5.75 Å². The Kier molecular flexibility index (Phi) is 2.38. The second kappa shape index (κ2) is 3.85. The van der Waals surface area contributed by atoms with Crippen LogP contribution in [0.3, 0.4) is 0 Å². The minimum Gasteiger partial charge on any atom is -0.508 e. The first kappa shape index (κ1) is 11.8. The summed E-state index contributed by atoms with van der Waals surface area (Å²) in [6, 6.07) is 9.81. The second-order valence-electron chi connectivity index (χ2n) is 4.27. The first-order chi connectivity index (χ1) is 8.93. The van der Waals surface area contributed by atoms with Crippen LogP contribution in [0.2, 0.25) is 0 Å². The molecule has 2 nitrogen and oxygen atoms in total. The smallest absolute Gasteiger partial charge is 0.416 e. The van der Waals surface area contributed by atoms with Crippen molar-refractivity contribution in [1.29, 1.82) is 0 Å². The van der Waals surface area contributed by atoms with Crippen molar-refractivity contribution in [3.05, 3.63) is 48.0 Å². The maximum atomic E-state index is 12.6. The van der Waals surface area contributed by atoms with Gasteiger partial charge in [-0.25, -0.2) is 4.98 Å². The van der Waals surface area contributed by atoms with Crippen LogP contribution in [0.4, 0.5) is 13.2 Å². The molecule has 0 atom stereocenters. The van der Waals surface area contributed by atoms with Gasteiger partial charge in [0.15, 0.2) is 0 Å². The third-order valence-electron chi connectivity index (χ3n) is 2.92. The molecule has 5 heteroatoms. The van der Waals surface area contributed by atoms with E-state index in [1.54, 1.807) is 12.1 Å². The Balaban J connectivity index is 2.30. The zero-order valence-electron chi connectivity index (χ0n) is 9.57. The van der Waals surface area contributed by atoms with Gasteiger partial charge in [-0.15, -0.1) is 0 Å². The molecule has 0 radical (unpaired) electrons. The number of hydrogen-bond donors (Lipinski definition) is 1. The third kappa shape index (κ3) is 2.07. The lowest BCUT2D eigenvalue weighted by Crippen LogP contribution is -2.04. The number of phenolic OH excluding ortho intramolecular Hbond substituents is 1. The van der Waals surface area contributed by atoms with Crippen LogP contribution >= 0.6 is 0 Å². The molecule has 3 rings (SSSR count). The molecule has 0 bridgehead atoms. The maximum absolute atomic E-state index is 12.6. The minimum absolute atomic E-state index is 0.0336. The number of hydrogen-bond acceptors (Lipinski definition) is 2. The van der Waals surface area contributed by atoms with E-state index in [0.29, 0.717) is 10.9 Å². The van der Waals surface area contributed by atoms with Crippen molar-refractivity contribution in [3.63, 3.8) is 0 Å². The summed E-state index contributed by atoms with van der Waals surface area (Å²) in [6.07, 6.45) is -4.39. The summed E-state index contributed by atoms with van der Waals surface area (Å²) in [5.41, 5.74) is -0.00764. The Morgan fingerprint density at radius 3 is 2.16 bits per heavy atom. The first-order valence-corrected chi connectivity index (χ1v) is 5.54. The highest BCUT2D eigenvalue weighted by atomic mass is 19.4. The first-order valence-electron chi connectivity index (χ1n) is 5.54. The molecule has 3 aromatic rings. The van der Waals surface area contributed by atoms with Crippen molar-refractivity contribution < 1.29 is 18.3 Å². The van der Waals surface area contributed by atoms with Gasteiger partial charge in [-0.2, -0.15) is 13.2 Å². The van der Waals surface area contributed by atoms with E-state index >= 15 is 0 Å². The van der Waals surface area contributed by atoms with Crippen LogP contribution in [0.1, 0.15) is 5.56 Å². The summed E-state index contributed by atoms with van der Waals surface area (Å²) in [5, 5.41) is 10.8. The lowest BCUT2D eigenvalue weighted by molar-refractivity contribution is -0.137. The van der Waals surface area contributed by atoms with Crippen LogP contribution in [0.25, 0.3) is 21.8 Å². The van der Waals surface area contributed by atoms with Crippen molar-refractivity contribution in [2.45, 2.75) is 6.18 Å². The molecule has 0 amide bonds. The monoisotopic (exact) mass is 263 g/mol. The number of nitrogens with zero attached hydrogens (tertiary/aromatic N) is 1. The Morgan fingerprint density at radius 2 is 1.47 bits per heavy atom.